The second-order valence-corrected chi connectivity index (χ2v) is 5.24. The largest absolute Gasteiger partial charge is 0.352 e. The average Bonchev–Trinajstić information content (AvgIpc) is 2.84. The van der Waals surface area contributed by atoms with Crippen molar-refractivity contribution in [3.8, 4) is 5.69 Å². The Hall–Kier alpha value is -1.85. The summed E-state index contributed by atoms with van der Waals surface area (Å²) in [6.45, 7) is 4.74. The summed E-state index contributed by atoms with van der Waals surface area (Å²) in [6, 6.07) is 7.49. The number of aromatic nitrogens is 2. The van der Waals surface area contributed by atoms with E-state index in [1.54, 1.807) is 4.68 Å². The van der Waals surface area contributed by atoms with Gasteiger partial charge in [-0.2, -0.15) is 5.10 Å². The molecule has 0 atom stereocenters. The lowest BCUT2D eigenvalue weighted by Crippen LogP contribution is -2.48. The van der Waals surface area contributed by atoms with Crippen LogP contribution >= 0.6 is 12.4 Å². The second kappa shape index (κ2) is 6.74. The number of hydrogen-bond donors (Lipinski definition) is 2. The lowest BCUT2D eigenvalue weighted by Gasteiger charge is -2.27. The molecule has 2 heterocycles. The second-order valence-electron chi connectivity index (χ2n) is 5.24. The van der Waals surface area contributed by atoms with Crippen LogP contribution in [0.5, 0.6) is 0 Å². The molecule has 2 aromatic rings. The third kappa shape index (κ3) is 3.62. The first-order valence-corrected chi connectivity index (χ1v) is 6.83. The van der Waals surface area contributed by atoms with Crippen LogP contribution in [0.3, 0.4) is 0 Å². The van der Waals surface area contributed by atoms with Gasteiger partial charge in [-0.25, -0.2) is 4.68 Å². The number of benzene rings is 1. The summed E-state index contributed by atoms with van der Waals surface area (Å²) in [5.74, 6) is 0.561. The molecule has 3 rings (SSSR count). The molecule has 0 bridgehead atoms. The fraction of sp³-hybridized carbons (Fsp3) is 0.333. The normalized spacial score (nSPS) is 14.1. The Morgan fingerprint density at radius 2 is 2.10 bits per heavy atom. The number of rotatable bonds is 4. The van der Waals surface area contributed by atoms with Crippen LogP contribution in [-0.2, 0) is 0 Å². The number of carbonyl (C=O) groups is 1. The maximum absolute atomic E-state index is 12.0. The fourth-order valence-electron chi connectivity index (χ4n) is 2.15. The molecule has 1 aliphatic heterocycles. The Morgan fingerprint density at radius 3 is 2.62 bits per heavy atom. The highest BCUT2D eigenvalue weighted by Gasteiger charge is 2.17. The van der Waals surface area contributed by atoms with Crippen LogP contribution in [0, 0.1) is 12.8 Å². The smallest absolute Gasteiger partial charge is 0.251 e. The molecule has 1 fully saturated rings. The van der Waals surface area contributed by atoms with Gasteiger partial charge >= 0.3 is 0 Å². The molecule has 0 unspecified atom stereocenters. The van der Waals surface area contributed by atoms with Gasteiger partial charge in [0.2, 0.25) is 0 Å². The van der Waals surface area contributed by atoms with Crippen LogP contribution in [0.4, 0.5) is 0 Å². The van der Waals surface area contributed by atoms with Crippen molar-refractivity contribution in [3.05, 3.63) is 47.8 Å². The zero-order chi connectivity index (χ0) is 13.9. The molecule has 0 aliphatic carbocycles. The van der Waals surface area contributed by atoms with E-state index in [4.69, 9.17) is 0 Å². The molecule has 1 aromatic carbocycles. The monoisotopic (exact) mass is 306 g/mol. The predicted molar refractivity (Wildman–Crippen MR) is 84.2 cm³/mol. The topological polar surface area (TPSA) is 59.0 Å². The molecule has 1 aromatic heterocycles. The van der Waals surface area contributed by atoms with Gasteiger partial charge in [0.1, 0.15) is 0 Å². The highest BCUT2D eigenvalue weighted by molar-refractivity contribution is 5.94. The molecular weight excluding hydrogens is 288 g/mol. The van der Waals surface area contributed by atoms with Gasteiger partial charge in [0.15, 0.2) is 0 Å². The number of aryl methyl sites for hydroxylation is 1. The Labute approximate surface area is 130 Å². The standard InChI is InChI=1S/C15H18N4O.ClH/c1-11-6-18-19(10-11)14-4-2-13(3-5-14)15(20)17-9-12-7-16-8-12;/h2-6,10,12,16H,7-9H2,1H3,(H,17,20);1H. The van der Waals surface area contributed by atoms with Gasteiger partial charge in [0.05, 0.1) is 11.9 Å². The minimum Gasteiger partial charge on any atom is -0.352 e. The van der Waals surface area contributed by atoms with Crippen molar-refractivity contribution in [2.45, 2.75) is 6.92 Å². The van der Waals surface area contributed by atoms with E-state index in [2.05, 4.69) is 15.7 Å². The van der Waals surface area contributed by atoms with E-state index < -0.39 is 0 Å². The van der Waals surface area contributed by atoms with E-state index in [0.717, 1.165) is 30.9 Å². The van der Waals surface area contributed by atoms with Crippen molar-refractivity contribution in [1.82, 2.24) is 20.4 Å². The van der Waals surface area contributed by atoms with E-state index in [9.17, 15) is 4.79 Å². The highest BCUT2D eigenvalue weighted by Crippen LogP contribution is 2.10. The maximum Gasteiger partial charge on any atom is 0.251 e. The molecule has 112 valence electrons. The van der Waals surface area contributed by atoms with Crippen molar-refractivity contribution in [2.75, 3.05) is 19.6 Å². The van der Waals surface area contributed by atoms with E-state index in [0.29, 0.717) is 11.5 Å². The summed E-state index contributed by atoms with van der Waals surface area (Å²) in [6.07, 6.45) is 3.77. The third-order valence-corrected chi connectivity index (χ3v) is 3.52. The first kappa shape index (κ1) is 15.5. The van der Waals surface area contributed by atoms with Gasteiger partial charge in [-0.15, -0.1) is 12.4 Å². The van der Waals surface area contributed by atoms with Gasteiger partial charge in [0.25, 0.3) is 5.91 Å². The summed E-state index contributed by atoms with van der Waals surface area (Å²) in [5.41, 5.74) is 2.75. The summed E-state index contributed by atoms with van der Waals surface area (Å²) in [4.78, 5) is 12.0. The number of halogens is 1. The van der Waals surface area contributed by atoms with Crippen LogP contribution in [-0.4, -0.2) is 35.3 Å². The minimum atomic E-state index is -0.0138. The molecule has 0 saturated carbocycles. The van der Waals surface area contributed by atoms with Gasteiger partial charge in [-0.05, 0) is 36.8 Å². The van der Waals surface area contributed by atoms with Crippen molar-refractivity contribution in [3.63, 3.8) is 0 Å². The van der Waals surface area contributed by atoms with Crippen molar-refractivity contribution < 1.29 is 4.79 Å². The molecule has 1 saturated heterocycles. The minimum absolute atomic E-state index is 0. The summed E-state index contributed by atoms with van der Waals surface area (Å²) in [5, 5.41) is 10.4. The fourth-order valence-corrected chi connectivity index (χ4v) is 2.15. The Balaban J connectivity index is 0.00000161. The Kier molecular flexibility index (Phi) is 4.98. The van der Waals surface area contributed by atoms with Crippen molar-refractivity contribution in [2.24, 2.45) is 5.92 Å². The number of nitrogens with zero attached hydrogens (tertiary/aromatic N) is 2. The van der Waals surface area contributed by atoms with Crippen LogP contribution in [0.2, 0.25) is 0 Å². The van der Waals surface area contributed by atoms with Gasteiger partial charge in [0, 0.05) is 37.3 Å². The zero-order valence-electron chi connectivity index (χ0n) is 11.9. The highest BCUT2D eigenvalue weighted by atomic mass is 35.5. The summed E-state index contributed by atoms with van der Waals surface area (Å²) in [7, 11) is 0. The number of carbonyl (C=O) groups excluding carboxylic acids is 1. The van der Waals surface area contributed by atoms with Crippen LogP contribution in [0.25, 0.3) is 5.69 Å². The summed E-state index contributed by atoms with van der Waals surface area (Å²) < 4.78 is 1.80. The molecule has 0 spiro atoms. The van der Waals surface area contributed by atoms with E-state index in [-0.39, 0.29) is 18.3 Å². The van der Waals surface area contributed by atoms with E-state index in [1.165, 1.54) is 0 Å². The molecule has 6 heteroatoms. The van der Waals surface area contributed by atoms with E-state index in [1.807, 2.05) is 43.6 Å². The molecule has 21 heavy (non-hydrogen) atoms. The quantitative estimate of drug-likeness (QED) is 0.901. The molecular formula is C15H19ClN4O. The first-order valence-electron chi connectivity index (χ1n) is 6.83. The Bertz CT molecular complexity index is 604. The molecule has 1 amide bonds. The third-order valence-electron chi connectivity index (χ3n) is 3.52. The van der Waals surface area contributed by atoms with Crippen LogP contribution in [0.15, 0.2) is 36.7 Å². The van der Waals surface area contributed by atoms with Crippen molar-refractivity contribution >= 4 is 18.3 Å². The van der Waals surface area contributed by atoms with Crippen LogP contribution in [0.1, 0.15) is 15.9 Å². The lowest BCUT2D eigenvalue weighted by molar-refractivity contribution is 0.0942. The molecule has 5 nitrogen and oxygen atoms in total. The number of hydrogen-bond acceptors (Lipinski definition) is 3. The summed E-state index contributed by atoms with van der Waals surface area (Å²) >= 11 is 0. The first-order chi connectivity index (χ1) is 9.72. The van der Waals surface area contributed by atoms with Crippen LogP contribution < -0.4 is 10.6 Å². The molecule has 1 aliphatic rings. The van der Waals surface area contributed by atoms with Gasteiger partial charge in [-0.3, -0.25) is 4.79 Å². The van der Waals surface area contributed by atoms with Gasteiger partial charge in [-0.1, -0.05) is 0 Å². The lowest BCUT2D eigenvalue weighted by atomic mass is 10.0. The van der Waals surface area contributed by atoms with E-state index >= 15 is 0 Å². The predicted octanol–water partition coefficient (Wildman–Crippen LogP) is 1.55. The molecule has 2 N–H and O–H groups in total. The number of amides is 1. The SMILES string of the molecule is Cc1cnn(-c2ccc(C(=O)NCC3CNC3)cc2)c1.Cl. The maximum atomic E-state index is 12.0. The van der Waals surface area contributed by atoms with Gasteiger partial charge < -0.3 is 10.6 Å². The number of nitrogens with one attached hydrogen (secondary N) is 2. The zero-order valence-corrected chi connectivity index (χ0v) is 12.7. The molecule has 0 radical (unpaired) electrons. The Morgan fingerprint density at radius 1 is 1.38 bits per heavy atom. The van der Waals surface area contributed by atoms with Crippen molar-refractivity contribution in [1.29, 1.82) is 0 Å². The average molecular weight is 307 g/mol.